The Morgan fingerprint density at radius 2 is 1.03 bits per heavy atom. The lowest BCUT2D eigenvalue weighted by Gasteiger charge is -2.12. The molecule has 10 N–H and O–H groups in total. The molecule has 1 atom stereocenters. The molecule has 26 nitrogen and oxygen atoms in total. The number of aromatic nitrogens is 8. The van der Waals surface area contributed by atoms with Crippen LogP contribution in [0.1, 0.15) is 82.5 Å². The average Bonchev–Trinajstić information content (AvgIpc) is 4.18. The van der Waals surface area contributed by atoms with Gasteiger partial charge in [0.1, 0.15) is 22.8 Å². The van der Waals surface area contributed by atoms with E-state index in [1.165, 1.54) is 61.1 Å². The molecule has 8 amide bonds. The Labute approximate surface area is 413 Å². The van der Waals surface area contributed by atoms with Crippen LogP contribution in [0, 0.1) is 0 Å². The maximum atomic E-state index is 13.4. The largest absolute Gasteiger partial charge is 0.356 e. The minimum absolute atomic E-state index is 0.00227. The van der Waals surface area contributed by atoms with E-state index in [-0.39, 0.29) is 72.1 Å². The van der Waals surface area contributed by atoms with Gasteiger partial charge in [-0.1, -0.05) is 0 Å². The van der Waals surface area contributed by atoms with Crippen molar-refractivity contribution in [3.63, 3.8) is 0 Å². The van der Waals surface area contributed by atoms with Crippen molar-refractivity contribution in [1.82, 2.24) is 58.2 Å². The van der Waals surface area contributed by atoms with Gasteiger partial charge in [-0.05, 0) is 51.3 Å². The van der Waals surface area contributed by atoms with E-state index in [0.717, 1.165) is 13.0 Å². The molecule has 0 saturated heterocycles. The Balaban J connectivity index is 0.932. The summed E-state index contributed by atoms with van der Waals surface area (Å²) in [5.41, 5.74) is 8.39. The van der Waals surface area contributed by atoms with Gasteiger partial charge in [0.2, 0.25) is 17.6 Å². The molecule has 6 heterocycles. The van der Waals surface area contributed by atoms with Gasteiger partial charge in [-0.15, -0.1) is 0 Å². The molecule has 0 fully saturated rings. The molecule has 0 unspecified atom stereocenters. The van der Waals surface area contributed by atoms with Crippen LogP contribution < -0.4 is 48.3 Å². The van der Waals surface area contributed by atoms with Crippen molar-refractivity contribution in [2.45, 2.75) is 25.3 Å². The summed E-state index contributed by atoms with van der Waals surface area (Å²) >= 11 is 0. The Kier molecular flexibility index (Phi) is 17.0. The van der Waals surface area contributed by atoms with Crippen LogP contribution in [0.25, 0.3) is 0 Å². The molecule has 0 saturated carbocycles. The lowest BCUT2D eigenvalue weighted by molar-refractivity contribution is -0.121. The molecule has 382 valence electrons. The first-order chi connectivity index (χ1) is 34.1. The molecule has 0 aliphatic heterocycles. The predicted octanol–water partition coefficient (Wildman–Crippen LogP) is 0.791. The van der Waals surface area contributed by atoms with Gasteiger partial charge < -0.3 is 80.6 Å². The number of amides is 8. The third kappa shape index (κ3) is 13.7. The van der Waals surface area contributed by atoms with Gasteiger partial charge in [-0.3, -0.25) is 38.4 Å². The Morgan fingerprint density at radius 1 is 0.542 bits per heavy atom. The number of hydrogen-bond donors (Lipinski definition) is 9. The number of aryl methyl sites for hydroxylation is 6. The third-order valence-corrected chi connectivity index (χ3v) is 11.1. The summed E-state index contributed by atoms with van der Waals surface area (Å²) in [7, 11) is 13.7. The van der Waals surface area contributed by atoms with E-state index in [1.807, 2.05) is 19.0 Å². The van der Waals surface area contributed by atoms with Crippen LogP contribution in [0.3, 0.4) is 0 Å². The molecule has 6 aromatic heterocycles. The molecule has 0 aliphatic rings. The number of anilines is 5. The monoisotopic (exact) mass is 992 g/mol. The van der Waals surface area contributed by atoms with E-state index in [9.17, 15) is 38.4 Å². The zero-order valence-electron chi connectivity index (χ0n) is 41.2. The summed E-state index contributed by atoms with van der Waals surface area (Å²) in [5, 5.41) is 21.8. The highest BCUT2D eigenvalue weighted by molar-refractivity contribution is 6.08. The van der Waals surface area contributed by atoms with Crippen LogP contribution >= 0.6 is 0 Å². The van der Waals surface area contributed by atoms with Crippen LogP contribution in [0.2, 0.25) is 0 Å². The van der Waals surface area contributed by atoms with Gasteiger partial charge in [0.15, 0.2) is 11.6 Å². The van der Waals surface area contributed by atoms with Crippen LogP contribution in [0.5, 0.6) is 0 Å². The Morgan fingerprint density at radius 3 is 1.54 bits per heavy atom. The summed E-state index contributed by atoms with van der Waals surface area (Å²) in [6, 6.07) is 5.15. The summed E-state index contributed by atoms with van der Waals surface area (Å²) < 4.78 is 9.09. The first-order valence-electron chi connectivity index (χ1n) is 22.6. The van der Waals surface area contributed by atoms with Gasteiger partial charge in [-0.25, -0.2) is 9.97 Å². The number of nitrogens with two attached hydrogens (primary N) is 1. The lowest BCUT2D eigenvalue weighted by atomic mass is 10.2. The van der Waals surface area contributed by atoms with Crippen molar-refractivity contribution in [2.75, 3.05) is 66.9 Å². The summed E-state index contributed by atoms with van der Waals surface area (Å²) in [6.45, 7) is 1.47. The fraction of sp³-hybridized carbons (Fsp3) is 0.348. The topological polar surface area (TPSA) is 317 Å². The highest BCUT2D eigenvalue weighted by Crippen LogP contribution is 2.21. The molecule has 26 heteroatoms. The van der Waals surface area contributed by atoms with E-state index in [1.54, 1.807) is 76.2 Å². The standard InChI is InChI=1S/C46H60N18O8/c1-58(2)14-9-11-48-37(65)10-12-50-41(67)32-18-29(23-60(32)4)53-44(70)35-20-30(24-63(35)7)54-43(69)34-17-28(22-62(34)6)52-38(66)16-27(47)21-51-42(68)33-19-31(25-61(33)5)55-46(72)40-56-36(26-64(40)8)57-45(71)39-49-13-15-59(39)3/h13,15,17-20,22-27H,9-12,14,16,21,47H2,1-8H3,(H,48,65)(H,50,67)(H,51,68)(H,52,66)(H,53,70)(H,54,69)(H,55,72)(H,57,71)/t27-/m0/s1. The molecule has 6 rings (SSSR count). The smallest absolute Gasteiger partial charge is 0.292 e. The quantitative estimate of drug-likeness (QED) is 0.0427. The molecule has 0 spiro atoms. The molecule has 6 aromatic rings. The zero-order chi connectivity index (χ0) is 52.4. The number of rotatable bonds is 22. The van der Waals surface area contributed by atoms with Crippen molar-refractivity contribution in [3.8, 4) is 0 Å². The fourth-order valence-corrected chi connectivity index (χ4v) is 7.43. The van der Waals surface area contributed by atoms with Crippen LogP contribution in [-0.2, 0) is 51.9 Å². The van der Waals surface area contributed by atoms with E-state index < -0.39 is 47.4 Å². The Bertz CT molecular complexity index is 3000. The van der Waals surface area contributed by atoms with Crippen LogP contribution in [-0.4, -0.2) is 136 Å². The predicted molar refractivity (Wildman–Crippen MR) is 267 cm³/mol. The van der Waals surface area contributed by atoms with Gasteiger partial charge in [0, 0.05) is 124 Å². The first kappa shape index (κ1) is 52.6. The number of nitrogens with one attached hydrogen (secondary N) is 8. The van der Waals surface area contributed by atoms with Crippen molar-refractivity contribution in [1.29, 1.82) is 0 Å². The van der Waals surface area contributed by atoms with E-state index in [0.29, 0.717) is 29.3 Å². The van der Waals surface area contributed by atoms with Crippen molar-refractivity contribution in [3.05, 3.63) is 102 Å². The highest BCUT2D eigenvalue weighted by atomic mass is 16.2. The average molecular weight is 993 g/mol. The SMILES string of the molecule is CN(C)CCCNC(=O)CCNC(=O)c1cc(NC(=O)c2cc(NC(=O)c3cc(NC(=O)C[C@H](N)CNC(=O)c4cc(NC(=O)c5nc(NC(=O)c6nccn6C)cn5C)cn4C)cn3C)cn2C)cn1C. The summed E-state index contributed by atoms with van der Waals surface area (Å²) in [5.74, 6) is -3.36. The van der Waals surface area contributed by atoms with Crippen LogP contribution in [0.4, 0.5) is 28.6 Å². The zero-order valence-corrected chi connectivity index (χ0v) is 41.2. The molecule has 72 heavy (non-hydrogen) atoms. The minimum Gasteiger partial charge on any atom is -0.356 e. The number of carbonyl (C=O) groups excluding carboxylic acids is 8. The second kappa shape index (κ2) is 23.2. The number of carbonyl (C=O) groups is 8. The molecule has 0 aromatic carbocycles. The molecule has 0 radical (unpaired) electrons. The maximum absolute atomic E-state index is 13.4. The fourth-order valence-electron chi connectivity index (χ4n) is 7.43. The molecule has 0 aliphatic carbocycles. The normalized spacial score (nSPS) is 11.5. The van der Waals surface area contributed by atoms with Crippen LogP contribution in [0.15, 0.2) is 67.6 Å². The van der Waals surface area contributed by atoms with Gasteiger partial charge in [0.05, 0.1) is 22.7 Å². The van der Waals surface area contributed by atoms with Gasteiger partial charge in [-0.2, -0.15) is 0 Å². The number of imidazole rings is 2. The first-order valence-corrected chi connectivity index (χ1v) is 22.6. The van der Waals surface area contributed by atoms with Crippen molar-refractivity contribution < 1.29 is 38.4 Å². The highest BCUT2D eigenvalue weighted by Gasteiger charge is 2.22. The maximum Gasteiger partial charge on any atom is 0.292 e. The second-order valence-corrected chi connectivity index (χ2v) is 17.4. The minimum atomic E-state index is -0.790. The summed E-state index contributed by atoms with van der Waals surface area (Å²) in [6.07, 6.45) is 11.6. The lowest BCUT2D eigenvalue weighted by Crippen LogP contribution is -2.39. The van der Waals surface area contributed by atoms with E-state index in [2.05, 4.69) is 52.5 Å². The number of nitrogens with zero attached hydrogens (tertiary/aromatic N) is 9. The van der Waals surface area contributed by atoms with Gasteiger partial charge >= 0.3 is 0 Å². The Hall–Kier alpha value is -8.78. The summed E-state index contributed by atoms with van der Waals surface area (Å²) in [4.78, 5) is 114. The second-order valence-electron chi connectivity index (χ2n) is 17.4. The molecular formula is C46H60N18O8. The third-order valence-electron chi connectivity index (χ3n) is 11.1. The number of hydrogen-bond acceptors (Lipinski definition) is 12. The van der Waals surface area contributed by atoms with Gasteiger partial charge in [0.25, 0.3) is 35.4 Å². The molecular weight excluding hydrogens is 933 g/mol. The van der Waals surface area contributed by atoms with Crippen molar-refractivity contribution >= 4 is 75.8 Å². The van der Waals surface area contributed by atoms with Crippen molar-refractivity contribution in [2.24, 2.45) is 48.0 Å². The van der Waals surface area contributed by atoms with E-state index in [4.69, 9.17) is 5.73 Å². The van der Waals surface area contributed by atoms with E-state index >= 15 is 0 Å². The molecule has 0 bridgehead atoms.